The Balaban J connectivity index is 0. The maximum atomic E-state index is 10.9. The van der Waals surface area contributed by atoms with E-state index >= 15 is 0 Å². The SMILES string of the molecule is C.C.CC(C)N1CCCC1=O. The van der Waals surface area contributed by atoms with Crippen LogP contribution in [0.3, 0.4) is 0 Å². The number of carbonyl (C=O) groups is 1. The monoisotopic (exact) mass is 159 g/mol. The van der Waals surface area contributed by atoms with Crippen LogP contribution in [0, 0.1) is 0 Å². The van der Waals surface area contributed by atoms with Gasteiger partial charge in [0, 0.05) is 19.0 Å². The van der Waals surface area contributed by atoms with Gasteiger partial charge in [0.1, 0.15) is 0 Å². The predicted octanol–water partition coefficient (Wildman–Crippen LogP) is 2.29. The smallest absolute Gasteiger partial charge is 0.222 e. The number of carbonyl (C=O) groups excluding carboxylic acids is 1. The van der Waals surface area contributed by atoms with E-state index in [1.807, 2.05) is 4.90 Å². The van der Waals surface area contributed by atoms with Gasteiger partial charge in [-0.1, -0.05) is 14.9 Å². The molecule has 1 aliphatic rings. The molecule has 1 amide bonds. The van der Waals surface area contributed by atoms with Crippen molar-refractivity contribution in [2.24, 2.45) is 0 Å². The highest BCUT2D eigenvalue weighted by Crippen LogP contribution is 2.12. The molecule has 2 nitrogen and oxygen atoms in total. The van der Waals surface area contributed by atoms with E-state index in [-0.39, 0.29) is 14.9 Å². The van der Waals surface area contributed by atoms with Crippen molar-refractivity contribution in [2.45, 2.75) is 47.6 Å². The van der Waals surface area contributed by atoms with E-state index in [1.54, 1.807) is 0 Å². The Hall–Kier alpha value is -0.530. The molecule has 68 valence electrons. The summed E-state index contributed by atoms with van der Waals surface area (Å²) in [6.07, 6.45) is 1.81. The summed E-state index contributed by atoms with van der Waals surface area (Å²) in [6, 6.07) is 0.403. The Morgan fingerprint density at radius 1 is 1.36 bits per heavy atom. The first-order chi connectivity index (χ1) is 4.22. The summed E-state index contributed by atoms with van der Waals surface area (Å²) >= 11 is 0. The number of hydrogen-bond acceptors (Lipinski definition) is 1. The molecule has 2 heteroatoms. The van der Waals surface area contributed by atoms with Crippen molar-refractivity contribution in [3.05, 3.63) is 0 Å². The van der Waals surface area contributed by atoms with Crippen LogP contribution in [-0.2, 0) is 4.79 Å². The minimum Gasteiger partial charge on any atom is -0.340 e. The molecule has 1 fully saturated rings. The van der Waals surface area contributed by atoms with Crippen LogP contribution < -0.4 is 0 Å². The summed E-state index contributed by atoms with van der Waals surface area (Å²) in [5.41, 5.74) is 0. The second-order valence-corrected chi connectivity index (χ2v) is 2.78. The van der Waals surface area contributed by atoms with Crippen LogP contribution in [0.1, 0.15) is 41.5 Å². The normalized spacial score (nSPS) is 16.3. The number of rotatable bonds is 1. The van der Waals surface area contributed by atoms with Crippen molar-refractivity contribution in [2.75, 3.05) is 6.54 Å². The van der Waals surface area contributed by atoms with Gasteiger partial charge >= 0.3 is 0 Å². The van der Waals surface area contributed by atoms with Gasteiger partial charge in [-0.3, -0.25) is 4.79 Å². The molecule has 1 heterocycles. The van der Waals surface area contributed by atoms with Gasteiger partial charge in [0.15, 0.2) is 0 Å². The first kappa shape index (κ1) is 13.1. The molecular formula is C9H21NO. The maximum Gasteiger partial charge on any atom is 0.222 e. The Bertz CT molecular complexity index is 121. The number of hydrogen-bond donors (Lipinski definition) is 0. The average Bonchev–Trinajstić information content (AvgIpc) is 2.13. The molecule has 1 saturated heterocycles. The highest BCUT2D eigenvalue weighted by Gasteiger charge is 2.21. The van der Waals surface area contributed by atoms with Gasteiger partial charge in [0.2, 0.25) is 5.91 Å². The quantitative estimate of drug-likeness (QED) is 0.575. The molecular weight excluding hydrogens is 138 g/mol. The van der Waals surface area contributed by atoms with Crippen LogP contribution in [0.4, 0.5) is 0 Å². The van der Waals surface area contributed by atoms with Crippen molar-refractivity contribution < 1.29 is 4.79 Å². The summed E-state index contributed by atoms with van der Waals surface area (Å²) in [5, 5.41) is 0. The zero-order valence-corrected chi connectivity index (χ0v) is 6.05. The fourth-order valence-corrected chi connectivity index (χ4v) is 1.22. The van der Waals surface area contributed by atoms with Gasteiger partial charge in [-0.2, -0.15) is 0 Å². The van der Waals surface area contributed by atoms with Crippen molar-refractivity contribution in [1.29, 1.82) is 0 Å². The van der Waals surface area contributed by atoms with Crippen LogP contribution in [0.15, 0.2) is 0 Å². The van der Waals surface area contributed by atoms with Gasteiger partial charge in [-0.05, 0) is 20.3 Å². The Morgan fingerprint density at radius 2 is 1.91 bits per heavy atom. The van der Waals surface area contributed by atoms with Gasteiger partial charge in [-0.25, -0.2) is 0 Å². The van der Waals surface area contributed by atoms with Crippen molar-refractivity contribution in [3.63, 3.8) is 0 Å². The highest BCUT2D eigenvalue weighted by molar-refractivity contribution is 5.78. The summed E-state index contributed by atoms with van der Waals surface area (Å²) in [7, 11) is 0. The van der Waals surface area contributed by atoms with E-state index in [0.29, 0.717) is 11.9 Å². The van der Waals surface area contributed by atoms with E-state index in [2.05, 4.69) is 13.8 Å². The molecule has 0 bridgehead atoms. The molecule has 0 aromatic rings. The Morgan fingerprint density at radius 3 is 2.09 bits per heavy atom. The van der Waals surface area contributed by atoms with Crippen molar-refractivity contribution in [3.8, 4) is 0 Å². The molecule has 0 aromatic carbocycles. The molecule has 0 N–H and O–H groups in total. The highest BCUT2D eigenvalue weighted by atomic mass is 16.2. The van der Waals surface area contributed by atoms with E-state index in [9.17, 15) is 4.79 Å². The lowest BCUT2D eigenvalue weighted by Gasteiger charge is -2.19. The second-order valence-electron chi connectivity index (χ2n) is 2.78. The molecule has 1 aliphatic heterocycles. The average molecular weight is 159 g/mol. The largest absolute Gasteiger partial charge is 0.340 e. The van der Waals surface area contributed by atoms with Crippen LogP contribution in [0.25, 0.3) is 0 Å². The fourth-order valence-electron chi connectivity index (χ4n) is 1.22. The summed E-state index contributed by atoms with van der Waals surface area (Å²) in [6.45, 7) is 5.09. The van der Waals surface area contributed by atoms with Gasteiger partial charge in [0.25, 0.3) is 0 Å². The van der Waals surface area contributed by atoms with Crippen LogP contribution >= 0.6 is 0 Å². The maximum absolute atomic E-state index is 10.9. The zero-order chi connectivity index (χ0) is 6.85. The van der Waals surface area contributed by atoms with Crippen molar-refractivity contribution >= 4 is 5.91 Å². The fraction of sp³-hybridized carbons (Fsp3) is 0.889. The second kappa shape index (κ2) is 5.16. The topological polar surface area (TPSA) is 20.3 Å². The zero-order valence-electron chi connectivity index (χ0n) is 6.05. The van der Waals surface area contributed by atoms with Crippen LogP contribution in [-0.4, -0.2) is 23.4 Å². The van der Waals surface area contributed by atoms with E-state index in [1.165, 1.54) is 0 Å². The van der Waals surface area contributed by atoms with E-state index in [4.69, 9.17) is 0 Å². The molecule has 1 rings (SSSR count). The first-order valence-corrected chi connectivity index (χ1v) is 3.51. The number of amides is 1. The third-order valence-corrected chi connectivity index (χ3v) is 1.73. The minimum absolute atomic E-state index is 0. The Labute approximate surface area is 70.6 Å². The molecule has 0 unspecified atom stereocenters. The molecule has 0 radical (unpaired) electrons. The number of nitrogens with zero attached hydrogens (tertiary/aromatic N) is 1. The molecule has 0 aromatic heterocycles. The molecule has 0 spiro atoms. The summed E-state index contributed by atoms with van der Waals surface area (Å²) in [4.78, 5) is 12.9. The lowest BCUT2D eigenvalue weighted by molar-refractivity contribution is -0.129. The van der Waals surface area contributed by atoms with Gasteiger partial charge in [-0.15, -0.1) is 0 Å². The molecule has 11 heavy (non-hydrogen) atoms. The lowest BCUT2D eigenvalue weighted by atomic mass is 10.3. The first-order valence-electron chi connectivity index (χ1n) is 3.51. The molecule has 0 atom stereocenters. The van der Waals surface area contributed by atoms with Gasteiger partial charge in [0.05, 0.1) is 0 Å². The Kier molecular flexibility index (Phi) is 6.14. The van der Waals surface area contributed by atoms with E-state index in [0.717, 1.165) is 19.4 Å². The third-order valence-electron chi connectivity index (χ3n) is 1.73. The van der Waals surface area contributed by atoms with Crippen molar-refractivity contribution in [1.82, 2.24) is 4.90 Å². The number of likely N-dealkylation sites (tertiary alicyclic amines) is 1. The lowest BCUT2D eigenvalue weighted by Crippen LogP contribution is -2.31. The predicted molar refractivity (Wildman–Crippen MR) is 49.5 cm³/mol. The minimum atomic E-state index is 0. The van der Waals surface area contributed by atoms with Crippen LogP contribution in [0.2, 0.25) is 0 Å². The standard InChI is InChI=1S/C7H13NO.2CH4/c1-6(2)8-5-3-4-7(8)9;;/h6H,3-5H2,1-2H3;2*1H4. The van der Waals surface area contributed by atoms with Gasteiger partial charge < -0.3 is 4.90 Å². The van der Waals surface area contributed by atoms with Crippen LogP contribution in [0.5, 0.6) is 0 Å². The molecule has 0 aliphatic carbocycles. The third kappa shape index (κ3) is 2.91. The molecule has 0 saturated carbocycles. The summed E-state index contributed by atoms with van der Waals surface area (Å²) in [5.74, 6) is 0.324. The van der Waals surface area contributed by atoms with E-state index < -0.39 is 0 Å². The summed E-state index contributed by atoms with van der Waals surface area (Å²) < 4.78 is 0.